The second kappa shape index (κ2) is 3.20. The van der Waals surface area contributed by atoms with E-state index in [-0.39, 0.29) is 0 Å². The highest BCUT2D eigenvalue weighted by molar-refractivity contribution is 9.09. The lowest BCUT2D eigenvalue weighted by Gasteiger charge is -2.38. The Labute approximate surface area is 91.9 Å². The van der Waals surface area contributed by atoms with Gasteiger partial charge in [-0.05, 0) is 11.8 Å². The maximum absolute atomic E-state index is 11.9. The Hall–Kier alpha value is -0.0900. The molecule has 0 radical (unpaired) electrons. The number of likely N-dealkylation sites (tertiary alicyclic amines) is 1. The quantitative estimate of drug-likeness (QED) is 0.685. The predicted octanol–water partition coefficient (Wildman–Crippen LogP) is 0.732. The molecule has 3 fully saturated rings. The van der Waals surface area contributed by atoms with E-state index in [0.717, 1.165) is 31.6 Å². The monoisotopic (exact) mass is 259 g/mol. The molecular formula is C10H14BrNO2. The number of rotatable bonds is 2. The van der Waals surface area contributed by atoms with E-state index in [0.29, 0.717) is 29.6 Å². The van der Waals surface area contributed by atoms with Crippen LogP contribution in [-0.2, 0) is 9.53 Å². The fraction of sp³-hybridized carbons (Fsp3) is 0.900. The van der Waals surface area contributed by atoms with E-state index in [1.807, 2.05) is 4.90 Å². The van der Waals surface area contributed by atoms with Crippen LogP contribution in [0.3, 0.4) is 0 Å². The van der Waals surface area contributed by atoms with Crippen LogP contribution in [0, 0.1) is 23.7 Å². The van der Waals surface area contributed by atoms with Crippen molar-refractivity contribution in [2.24, 2.45) is 23.7 Å². The molecule has 2 heterocycles. The summed E-state index contributed by atoms with van der Waals surface area (Å²) in [6.45, 7) is 3.55. The summed E-state index contributed by atoms with van der Waals surface area (Å²) in [7, 11) is 0. The summed E-state index contributed by atoms with van der Waals surface area (Å²) < 4.78 is 5.28. The van der Waals surface area contributed by atoms with Crippen LogP contribution in [0.2, 0.25) is 0 Å². The number of fused-ring (bicyclic) bond motifs is 1. The standard InChI is InChI=1S/C10H14BrNO2/c11-1-6-2-12(3-6)10(13)9-7-4-14-5-8(7)9/h6-9H,1-5H2. The maximum Gasteiger partial charge on any atom is 0.226 e. The molecule has 0 spiro atoms. The van der Waals surface area contributed by atoms with E-state index in [1.165, 1.54) is 0 Å². The zero-order valence-electron chi connectivity index (χ0n) is 7.99. The molecule has 1 aliphatic carbocycles. The first kappa shape index (κ1) is 9.16. The number of carbonyl (C=O) groups is 1. The molecule has 0 aromatic heterocycles. The number of carbonyl (C=O) groups excluding carboxylic acids is 1. The second-order valence-corrected chi connectivity index (χ2v) is 5.30. The number of alkyl halides is 1. The summed E-state index contributed by atoms with van der Waals surface area (Å²) in [6, 6.07) is 0. The van der Waals surface area contributed by atoms with Gasteiger partial charge in [0.1, 0.15) is 0 Å². The Morgan fingerprint density at radius 2 is 2.00 bits per heavy atom. The van der Waals surface area contributed by atoms with Crippen LogP contribution in [0.1, 0.15) is 0 Å². The lowest BCUT2D eigenvalue weighted by atomic mass is 10.0. The Morgan fingerprint density at radius 3 is 2.57 bits per heavy atom. The van der Waals surface area contributed by atoms with Gasteiger partial charge in [0.05, 0.1) is 13.2 Å². The maximum atomic E-state index is 11.9. The number of ether oxygens (including phenoxy) is 1. The molecule has 2 unspecified atom stereocenters. The largest absolute Gasteiger partial charge is 0.381 e. The molecule has 0 aromatic carbocycles. The van der Waals surface area contributed by atoms with Crippen molar-refractivity contribution in [3.8, 4) is 0 Å². The van der Waals surface area contributed by atoms with Crippen LogP contribution in [0.5, 0.6) is 0 Å². The Morgan fingerprint density at radius 1 is 1.36 bits per heavy atom. The number of hydrogen-bond donors (Lipinski definition) is 0. The minimum atomic E-state index is 0.319. The van der Waals surface area contributed by atoms with Crippen LogP contribution in [0.25, 0.3) is 0 Å². The zero-order chi connectivity index (χ0) is 9.71. The van der Waals surface area contributed by atoms with Gasteiger partial charge >= 0.3 is 0 Å². The molecule has 4 heteroatoms. The van der Waals surface area contributed by atoms with E-state index >= 15 is 0 Å². The average molecular weight is 260 g/mol. The summed E-state index contributed by atoms with van der Waals surface area (Å²) in [6.07, 6.45) is 0. The molecule has 2 aliphatic heterocycles. The molecule has 0 bridgehead atoms. The van der Waals surface area contributed by atoms with Crippen molar-refractivity contribution in [3.05, 3.63) is 0 Å². The van der Waals surface area contributed by atoms with Gasteiger partial charge in [-0.1, -0.05) is 15.9 Å². The van der Waals surface area contributed by atoms with Gasteiger partial charge in [-0.25, -0.2) is 0 Å². The molecule has 78 valence electrons. The van der Waals surface area contributed by atoms with E-state index < -0.39 is 0 Å². The highest BCUT2D eigenvalue weighted by atomic mass is 79.9. The van der Waals surface area contributed by atoms with Crippen molar-refractivity contribution in [2.45, 2.75) is 0 Å². The van der Waals surface area contributed by atoms with Crippen molar-refractivity contribution in [1.29, 1.82) is 0 Å². The molecule has 1 amide bonds. The van der Waals surface area contributed by atoms with Crippen molar-refractivity contribution in [1.82, 2.24) is 4.90 Å². The normalized spacial score (nSPS) is 40.6. The van der Waals surface area contributed by atoms with Crippen LogP contribution in [-0.4, -0.2) is 42.4 Å². The van der Waals surface area contributed by atoms with Gasteiger partial charge in [0, 0.05) is 30.3 Å². The summed E-state index contributed by atoms with van der Waals surface area (Å²) in [5, 5.41) is 1.03. The summed E-state index contributed by atoms with van der Waals surface area (Å²) in [5.74, 6) is 2.52. The highest BCUT2D eigenvalue weighted by Gasteiger charge is 2.59. The van der Waals surface area contributed by atoms with Gasteiger partial charge in [-0.3, -0.25) is 4.79 Å². The number of amides is 1. The SMILES string of the molecule is O=C(C1C2COCC21)N1CC(CBr)C1. The van der Waals surface area contributed by atoms with Crippen molar-refractivity contribution >= 4 is 21.8 Å². The molecule has 0 N–H and O–H groups in total. The second-order valence-electron chi connectivity index (χ2n) is 4.65. The highest BCUT2D eigenvalue weighted by Crippen LogP contribution is 2.52. The first-order valence-corrected chi connectivity index (χ1v) is 6.36. The van der Waals surface area contributed by atoms with E-state index in [4.69, 9.17) is 4.74 Å². The molecule has 0 aromatic rings. The predicted molar refractivity (Wildman–Crippen MR) is 55.2 cm³/mol. The van der Waals surface area contributed by atoms with Gasteiger partial charge in [-0.15, -0.1) is 0 Å². The zero-order valence-corrected chi connectivity index (χ0v) is 9.57. The smallest absolute Gasteiger partial charge is 0.226 e. The molecule has 3 nitrogen and oxygen atoms in total. The third-order valence-corrected chi connectivity index (χ3v) is 4.64. The summed E-state index contributed by atoms with van der Waals surface area (Å²) in [4.78, 5) is 13.9. The lowest BCUT2D eigenvalue weighted by Crippen LogP contribution is -2.51. The van der Waals surface area contributed by atoms with Crippen molar-refractivity contribution in [3.63, 3.8) is 0 Å². The number of halogens is 1. The molecule has 3 aliphatic rings. The van der Waals surface area contributed by atoms with E-state index in [2.05, 4.69) is 15.9 Å². The molecule has 2 saturated heterocycles. The van der Waals surface area contributed by atoms with Crippen molar-refractivity contribution in [2.75, 3.05) is 31.6 Å². The van der Waals surface area contributed by atoms with E-state index in [9.17, 15) is 4.79 Å². The summed E-state index contributed by atoms with van der Waals surface area (Å²) in [5.41, 5.74) is 0. The van der Waals surface area contributed by atoms with Gasteiger partial charge in [0.2, 0.25) is 5.91 Å². The van der Waals surface area contributed by atoms with Gasteiger partial charge in [0.15, 0.2) is 0 Å². The third-order valence-electron chi connectivity index (χ3n) is 3.72. The van der Waals surface area contributed by atoms with Crippen LogP contribution < -0.4 is 0 Å². The molecule has 1 saturated carbocycles. The van der Waals surface area contributed by atoms with Gasteiger partial charge in [-0.2, -0.15) is 0 Å². The van der Waals surface area contributed by atoms with Crippen LogP contribution in [0.15, 0.2) is 0 Å². The fourth-order valence-electron chi connectivity index (χ4n) is 2.66. The molecule has 2 atom stereocenters. The minimum absolute atomic E-state index is 0.319. The topological polar surface area (TPSA) is 29.5 Å². The minimum Gasteiger partial charge on any atom is -0.381 e. The third kappa shape index (κ3) is 1.23. The van der Waals surface area contributed by atoms with E-state index in [1.54, 1.807) is 0 Å². The van der Waals surface area contributed by atoms with Crippen LogP contribution >= 0.6 is 15.9 Å². The first-order chi connectivity index (χ1) is 6.81. The average Bonchev–Trinajstić information content (AvgIpc) is 2.58. The fourth-order valence-corrected chi connectivity index (χ4v) is 3.07. The summed E-state index contributed by atoms with van der Waals surface area (Å²) >= 11 is 3.45. The molecule has 3 rings (SSSR count). The van der Waals surface area contributed by atoms with Crippen LogP contribution in [0.4, 0.5) is 0 Å². The Kier molecular flexibility index (Phi) is 2.10. The molecular weight excluding hydrogens is 246 g/mol. The lowest BCUT2D eigenvalue weighted by molar-refractivity contribution is -0.139. The molecule has 14 heavy (non-hydrogen) atoms. The Balaban J connectivity index is 1.53. The number of nitrogens with zero attached hydrogens (tertiary/aromatic N) is 1. The van der Waals surface area contributed by atoms with Crippen molar-refractivity contribution < 1.29 is 9.53 Å². The van der Waals surface area contributed by atoms with Gasteiger partial charge in [0.25, 0.3) is 0 Å². The first-order valence-electron chi connectivity index (χ1n) is 5.23. The number of hydrogen-bond acceptors (Lipinski definition) is 2. The van der Waals surface area contributed by atoms with Gasteiger partial charge < -0.3 is 9.64 Å². The Bertz CT molecular complexity index is 255.